The number of hydrogen-bond acceptors (Lipinski definition) is 3. The van der Waals surface area contributed by atoms with Crippen molar-refractivity contribution in [2.75, 3.05) is 6.61 Å². The molecule has 1 aromatic rings. The molecule has 19 heavy (non-hydrogen) atoms. The highest BCUT2D eigenvalue weighted by atomic mass is 16.5. The third kappa shape index (κ3) is 3.57. The van der Waals surface area contributed by atoms with Gasteiger partial charge in [0, 0.05) is 5.92 Å². The van der Waals surface area contributed by atoms with E-state index in [-0.39, 0.29) is 12.5 Å². The molecule has 0 amide bonds. The topological polar surface area (TPSA) is 46.5 Å². The molecule has 0 spiro atoms. The summed E-state index contributed by atoms with van der Waals surface area (Å²) in [5.41, 5.74) is -0.449. The molecule has 3 nitrogen and oxygen atoms in total. The van der Waals surface area contributed by atoms with E-state index in [1.54, 1.807) is 6.92 Å². The number of carbonyl (C=O) groups excluding carboxylic acids is 1. The number of hydrogen-bond donors (Lipinski definition) is 1. The fourth-order valence-corrected chi connectivity index (χ4v) is 2.44. The van der Waals surface area contributed by atoms with Crippen LogP contribution in [0.2, 0.25) is 0 Å². The van der Waals surface area contributed by atoms with E-state index in [2.05, 4.69) is 6.92 Å². The van der Waals surface area contributed by atoms with E-state index in [9.17, 15) is 9.90 Å². The minimum absolute atomic E-state index is 0.220. The quantitative estimate of drug-likeness (QED) is 0.769. The second kappa shape index (κ2) is 7.29. The van der Waals surface area contributed by atoms with Gasteiger partial charge in [-0.05, 0) is 25.3 Å². The van der Waals surface area contributed by atoms with Crippen LogP contribution in [0.3, 0.4) is 0 Å². The molecular formula is C16H24O3. The molecular weight excluding hydrogens is 240 g/mol. The van der Waals surface area contributed by atoms with Crippen molar-refractivity contribution in [3.63, 3.8) is 0 Å². The SMILES string of the molecule is CCCC(c1ccccc1)C(O)(CC)C(=O)OCC. The smallest absolute Gasteiger partial charge is 0.338 e. The molecule has 0 fully saturated rings. The van der Waals surface area contributed by atoms with Gasteiger partial charge in [-0.2, -0.15) is 0 Å². The molecule has 3 heteroatoms. The second-order valence-corrected chi connectivity index (χ2v) is 4.75. The number of esters is 1. The lowest BCUT2D eigenvalue weighted by Crippen LogP contribution is -2.45. The molecule has 0 radical (unpaired) electrons. The van der Waals surface area contributed by atoms with Crippen molar-refractivity contribution >= 4 is 5.97 Å². The maximum absolute atomic E-state index is 12.1. The molecule has 0 saturated heterocycles. The zero-order chi connectivity index (χ0) is 14.3. The summed E-state index contributed by atoms with van der Waals surface area (Å²) >= 11 is 0. The Kier molecular flexibility index (Phi) is 6.03. The Balaban J connectivity index is 3.11. The molecule has 0 aliphatic rings. The molecule has 2 unspecified atom stereocenters. The summed E-state index contributed by atoms with van der Waals surface area (Å²) < 4.78 is 5.06. The van der Waals surface area contributed by atoms with Gasteiger partial charge < -0.3 is 9.84 Å². The van der Waals surface area contributed by atoms with E-state index < -0.39 is 11.6 Å². The van der Waals surface area contributed by atoms with Crippen LogP contribution in [0, 0.1) is 0 Å². The first kappa shape index (κ1) is 15.7. The van der Waals surface area contributed by atoms with Crippen LogP contribution in [0.1, 0.15) is 51.5 Å². The fraction of sp³-hybridized carbons (Fsp3) is 0.562. The summed E-state index contributed by atoms with van der Waals surface area (Å²) in [5.74, 6) is -0.734. The number of carbonyl (C=O) groups is 1. The van der Waals surface area contributed by atoms with E-state index in [4.69, 9.17) is 4.74 Å². The van der Waals surface area contributed by atoms with Crippen molar-refractivity contribution in [1.29, 1.82) is 0 Å². The van der Waals surface area contributed by atoms with Crippen molar-refractivity contribution in [3.05, 3.63) is 35.9 Å². The summed E-state index contributed by atoms with van der Waals surface area (Å²) in [6, 6.07) is 9.71. The maximum atomic E-state index is 12.1. The minimum Gasteiger partial charge on any atom is -0.464 e. The van der Waals surface area contributed by atoms with Gasteiger partial charge in [0.25, 0.3) is 0 Å². The molecule has 1 N–H and O–H groups in total. The summed E-state index contributed by atoms with van der Waals surface area (Å²) in [5, 5.41) is 10.8. The van der Waals surface area contributed by atoms with Gasteiger partial charge in [-0.1, -0.05) is 50.6 Å². The summed E-state index contributed by atoms with van der Waals surface area (Å²) in [6.45, 7) is 5.92. The third-order valence-electron chi connectivity index (χ3n) is 3.52. The average Bonchev–Trinajstić information content (AvgIpc) is 2.45. The Bertz CT molecular complexity index is 388. The molecule has 2 atom stereocenters. The van der Waals surface area contributed by atoms with Gasteiger partial charge in [0.15, 0.2) is 5.60 Å². The monoisotopic (exact) mass is 264 g/mol. The molecule has 0 aromatic heterocycles. The molecule has 106 valence electrons. The molecule has 0 heterocycles. The van der Waals surface area contributed by atoms with Crippen molar-refractivity contribution < 1.29 is 14.6 Å². The van der Waals surface area contributed by atoms with Crippen LogP contribution >= 0.6 is 0 Å². The van der Waals surface area contributed by atoms with Crippen molar-refractivity contribution in [3.8, 4) is 0 Å². The summed E-state index contributed by atoms with van der Waals surface area (Å²) in [6.07, 6.45) is 2.01. The van der Waals surface area contributed by atoms with Crippen LogP contribution in [0.25, 0.3) is 0 Å². The lowest BCUT2D eigenvalue weighted by Gasteiger charge is -2.33. The Hall–Kier alpha value is -1.35. The van der Waals surface area contributed by atoms with Crippen LogP contribution in [0.15, 0.2) is 30.3 Å². The standard InChI is InChI=1S/C16H24O3/c1-4-10-14(13-11-8-7-9-12-13)16(18,5-2)15(17)19-6-3/h7-9,11-12,14,18H,4-6,10H2,1-3H3. The molecule has 0 saturated carbocycles. The Morgan fingerprint density at radius 1 is 1.26 bits per heavy atom. The van der Waals surface area contributed by atoms with E-state index >= 15 is 0 Å². The van der Waals surface area contributed by atoms with Gasteiger partial charge in [0.2, 0.25) is 0 Å². The van der Waals surface area contributed by atoms with E-state index in [1.165, 1.54) is 0 Å². The molecule has 0 aliphatic carbocycles. The van der Waals surface area contributed by atoms with E-state index in [1.807, 2.05) is 37.3 Å². The van der Waals surface area contributed by atoms with E-state index in [0.29, 0.717) is 6.42 Å². The van der Waals surface area contributed by atoms with Gasteiger partial charge in [-0.3, -0.25) is 0 Å². The first-order chi connectivity index (χ1) is 9.10. The number of ether oxygens (including phenoxy) is 1. The number of benzene rings is 1. The van der Waals surface area contributed by atoms with Crippen molar-refractivity contribution in [2.45, 2.75) is 51.6 Å². The van der Waals surface area contributed by atoms with Crippen LogP contribution in [0.4, 0.5) is 0 Å². The highest BCUT2D eigenvalue weighted by molar-refractivity contribution is 5.80. The van der Waals surface area contributed by atoms with Gasteiger partial charge >= 0.3 is 5.97 Å². The minimum atomic E-state index is -1.44. The fourth-order valence-electron chi connectivity index (χ4n) is 2.44. The second-order valence-electron chi connectivity index (χ2n) is 4.75. The van der Waals surface area contributed by atoms with Crippen molar-refractivity contribution in [2.24, 2.45) is 0 Å². The molecule has 1 aromatic carbocycles. The van der Waals surface area contributed by atoms with E-state index in [0.717, 1.165) is 18.4 Å². The predicted octanol–water partition coefficient (Wildman–Crippen LogP) is 3.27. The highest BCUT2D eigenvalue weighted by Gasteiger charge is 2.43. The maximum Gasteiger partial charge on any atom is 0.338 e. The largest absolute Gasteiger partial charge is 0.464 e. The Labute approximate surface area is 115 Å². The van der Waals surface area contributed by atoms with Gasteiger partial charge in [-0.25, -0.2) is 4.79 Å². The van der Waals surface area contributed by atoms with Gasteiger partial charge in [0.05, 0.1) is 6.61 Å². The molecule has 1 rings (SSSR count). The summed E-state index contributed by atoms with van der Waals surface area (Å²) in [7, 11) is 0. The zero-order valence-corrected chi connectivity index (χ0v) is 12.1. The van der Waals surface area contributed by atoms with Crippen LogP contribution in [-0.4, -0.2) is 23.3 Å². The Morgan fingerprint density at radius 2 is 1.89 bits per heavy atom. The van der Waals surface area contributed by atoms with Crippen LogP contribution in [-0.2, 0) is 9.53 Å². The van der Waals surface area contributed by atoms with Crippen LogP contribution < -0.4 is 0 Å². The van der Waals surface area contributed by atoms with Gasteiger partial charge in [0.1, 0.15) is 0 Å². The predicted molar refractivity (Wildman–Crippen MR) is 76.0 cm³/mol. The van der Waals surface area contributed by atoms with Crippen molar-refractivity contribution in [1.82, 2.24) is 0 Å². The first-order valence-corrected chi connectivity index (χ1v) is 7.04. The molecule has 0 bridgehead atoms. The molecule has 0 aliphatic heterocycles. The number of rotatable bonds is 7. The lowest BCUT2D eigenvalue weighted by atomic mass is 9.77. The zero-order valence-electron chi connectivity index (χ0n) is 12.1. The summed E-state index contributed by atoms with van der Waals surface area (Å²) in [4.78, 5) is 12.1. The highest BCUT2D eigenvalue weighted by Crippen LogP contribution is 2.36. The Morgan fingerprint density at radius 3 is 2.37 bits per heavy atom. The normalized spacial score (nSPS) is 15.6. The third-order valence-corrected chi connectivity index (χ3v) is 3.52. The van der Waals surface area contributed by atoms with Crippen LogP contribution in [0.5, 0.6) is 0 Å². The lowest BCUT2D eigenvalue weighted by molar-refractivity contribution is -0.168. The van der Waals surface area contributed by atoms with Gasteiger partial charge in [-0.15, -0.1) is 0 Å². The first-order valence-electron chi connectivity index (χ1n) is 7.04. The average molecular weight is 264 g/mol. The number of aliphatic hydroxyl groups is 1.